The van der Waals surface area contributed by atoms with Crippen LogP contribution in [0.1, 0.15) is 36.1 Å². The quantitative estimate of drug-likeness (QED) is 0.871. The van der Waals surface area contributed by atoms with Crippen LogP contribution in [0.2, 0.25) is 5.15 Å². The van der Waals surface area contributed by atoms with Crippen LogP contribution in [0.15, 0.2) is 36.4 Å². The first kappa shape index (κ1) is 15.8. The van der Waals surface area contributed by atoms with Crippen LogP contribution in [-0.2, 0) is 17.4 Å². The van der Waals surface area contributed by atoms with Crippen molar-refractivity contribution in [3.05, 3.63) is 58.4 Å². The third-order valence-corrected chi connectivity index (χ3v) is 4.94. The number of aryl methyl sites for hydroxylation is 2. The van der Waals surface area contributed by atoms with E-state index in [1.54, 1.807) is 23.9 Å². The normalized spacial score (nSPS) is 16.3. The minimum Gasteiger partial charge on any atom is -0.343 e. The van der Waals surface area contributed by atoms with Crippen LogP contribution in [0.4, 0.5) is 0 Å². The Hall–Kier alpha value is -2.07. The Bertz CT molecular complexity index is 745. The Morgan fingerprint density at radius 2 is 2.04 bits per heavy atom. The molecule has 1 aromatic carbocycles. The largest absolute Gasteiger partial charge is 0.343 e. The fourth-order valence-corrected chi connectivity index (χ4v) is 3.28. The number of amides is 1. The molecular weight excluding hydrogens is 310 g/mol. The van der Waals surface area contributed by atoms with Crippen molar-refractivity contribution >= 4 is 23.6 Å². The van der Waals surface area contributed by atoms with Gasteiger partial charge in [-0.1, -0.05) is 41.9 Å². The molecule has 1 amide bonds. The van der Waals surface area contributed by atoms with Crippen molar-refractivity contribution in [3.63, 3.8) is 0 Å². The van der Waals surface area contributed by atoms with E-state index in [1.165, 1.54) is 5.56 Å². The van der Waals surface area contributed by atoms with Gasteiger partial charge in [0, 0.05) is 18.7 Å². The molecule has 23 heavy (non-hydrogen) atoms. The number of halogens is 1. The van der Waals surface area contributed by atoms with E-state index in [2.05, 4.69) is 22.5 Å². The van der Waals surface area contributed by atoms with Crippen molar-refractivity contribution in [1.29, 1.82) is 0 Å². The average molecular weight is 330 g/mol. The Labute approximate surface area is 141 Å². The number of hydrogen-bond donors (Lipinski definition) is 1. The molecule has 0 atom stereocenters. The minimum atomic E-state index is -0.226. The number of benzene rings is 1. The van der Waals surface area contributed by atoms with Gasteiger partial charge in [-0.15, -0.1) is 0 Å². The summed E-state index contributed by atoms with van der Waals surface area (Å²) >= 11 is 6.18. The molecular formula is C18H20ClN3O. The first-order chi connectivity index (χ1) is 11.0. The first-order valence-corrected chi connectivity index (χ1v) is 8.14. The van der Waals surface area contributed by atoms with Gasteiger partial charge in [0.05, 0.1) is 11.2 Å². The van der Waals surface area contributed by atoms with Crippen LogP contribution in [0.3, 0.4) is 0 Å². The average Bonchev–Trinajstić information content (AvgIpc) is 2.75. The Morgan fingerprint density at radius 1 is 1.35 bits per heavy atom. The Morgan fingerprint density at radius 3 is 2.57 bits per heavy atom. The number of carbonyl (C=O) groups excluding carboxylic acids is 1. The predicted octanol–water partition coefficient (Wildman–Crippen LogP) is 3.59. The molecule has 1 fully saturated rings. The summed E-state index contributed by atoms with van der Waals surface area (Å²) in [6, 6.07) is 10.2. The van der Waals surface area contributed by atoms with Crippen LogP contribution in [0.5, 0.6) is 0 Å². The van der Waals surface area contributed by atoms with Crippen molar-refractivity contribution in [2.24, 2.45) is 7.05 Å². The molecule has 0 aliphatic heterocycles. The van der Waals surface area contributed by atoms with E-state index in [1.807, 2.05) is 25.1 Å². The molecule has 120 valence electrons. The molecule has 4 nitrogen and oxygen atoms in total. The molecule has 0 unspecified atom stereocenters. The van der Waals surface area contributed by atoms with Gasteiger partial charge >= 0.3 is 0 Å². The van der Waals surface area contributed by atoms with Gasteiger partial charge in [-0.3, -0.25) is 9.48 Å². The molecule has 0 spiro atoms. The van der Waals surface area contributed by atoms with Gasteiger partial charge < -0.3 is 5.32 Å². The maximum absolute atomic E-state index is 12.4. The first-order valence-electron chi connectivity index (χ1n) is 7.77. The highest BCUT2D eigenvalue weighted by atomic mass is 35.5. The third kappa shape index (κ3) is 3.04. The summed E-state index contributed by atoms with van der Waals surface area (Å²) in [4.78, 5) is 12.4. The Balaban J connectivity index is 1.75. The molecule has 1 aliphatic rings. The molecule has 0 saturated heterocycles. The van der Waals surface area contributed by atoms with Crippen LogP contribution < -0.4 is 5.32 Å². The topological polar surface area (TPSA) is 46.9 Å². The molecule has 1 saturated carbocycles. The number of aromatic nitrogens is 2. The van der Waals surface area contributed by atoms with E-state index in [9.17, 15) is 4.79 Å². The Kier molecular flexibility index (Phi) is 4.26. The van der Waals surface area contributed by atoms with E-state index in [-0.39, 0.29) is 11.4 Å². The molecule has 0 radical (unpaired) electrons. The molecule has 1 heterocycles. The second-order valence-corrected chi connectivity index (χ2v) is 6.40. The summed E-state index contributed by atoms with van der Waals surface area (Å²) < 4.78 is 1.60. The van der Waals surface area contributed by atoms with E-state index < -0.39 is 0 Å². The van der Waals surface area contributed by atoms with Gasteiger partial charge in [0.1, 0.15) is 5.15 Å². The molecule has 5 heteroatoms. The zero-order valence-electron chi connectivity index (χ0n) is 13.3. The molecule has 2 aromatic rings. The zero-order valence-corrected chi connectivity index (χ0v) is 14.1. The molecule has 1 N–H and O–H groups in total. The van der Waals surface area contributed by atoms with Crippen molar-refractivity contribution in [3.8, 4) is 0 Å². The summed E-state index contributed by atoms with van der Waals surface area (Å²) in [6.45, 7) is 1.88. The van der Waals surface area contributed by atoms with Crippen LogP contribution in [-0.4, -0.2) is 15.7 Å². The van der Waals surface area contributed by atoms with E-state index >= 15 is 0 Å². The predicted molar refractivity (Wildman–Crippen MR) is 92.1 cm³/mol. The van der Waals surface area contributed by atoms with Gasteiger partial charge in [0.25, 0.3) is 0 Å². The second-order valence-electron chi connectivity index (χ2n) is 6.04. The van der Waals surface area contributed by atoms with Crippen molar-refractivity contribution in [2.45, 2.75) is 31.7 Å². The summed E-state index contributed by atoms with van der Waals surface area (Å²) in [7, 11) is 1.78. The minimum absolute atomic E-state index is 0.104. The highest BCUT2D eigenvalue weighted by molar-refractivity contribution is 6.31. The summed E-state index contributed by atoms with van der Waals surface area (Å²) in [5, 5.41) is 7.94. The lowest BCUT2D eigenvalue weighted by Crippen LogP contribution is -2.50. The van der Waals surface area contributed by atoms with E-state index in [0.717, 1.165) is 30.5 Å². The lowest BCUT2D eigenvalue weighted by atomic mass is 9.72. The molecule has 0 bridgehead atoms. The van der Waals surface area contributed by atoms with Crippen LogP contribution in [0.25, 0.3) is 6.08 Å². The molecule has 3 rings (SSSR count). The number of rotatable bonds is 4. The van der Waals surface area contributed by atoms with Crippen LogP contribution in [0, 0.1) is 6.92 Å². The lowest BCUT2D eigenvalue weighted by molar-refractivity contribution is -0.119. The number of nitrogens with zero attached hydrogens (tertiary/aromatic N) is 2. The molecule has 1 aliphatic carbocycles. The molecule has 1 aromatic heterocycles. The van der Waals surface area contributed by atoms with Gasteiger partial charge in [0.2, 0.25) is 5.91 Å². The van der Waals surface area contributed by atoms with E-state index in [0.29, 0.717) is 5.15 Å². The highest BCUT2D eigenvalue weighted by Gasteiger charge is 2.39. The van der Waals surface area contributed by atoms with E-state index in [4.69, 9.17) is 11.6 Å². The smallest absolute Gasteiger partial charge is 0.244 e. The van der Waals surface area contributed by atoms with Crippen molar-refractivity contribution in [2.75, 3.05) is 0 Å². The summed E-state index contributed by atoms with van der Waals surface area (Å²) in [5.41, 5.74) is 2.54. The van der Waals surface area contributed by atoms with Crippen LogP contribution >= 0.6 is 11.6 Å². The highest BCUT2D eigenvalue weighted by Crippen LogP contribution is 2.41. The maximum Gasteiger partial charge on any atom is 0.244 e. The zero-order chi connectivity index (χ0) is 16.4. The lowest BCUT2D eigenvalue weighted by Gasteiger charge is -2.42. The van der Waals surface area contributed by atoms with Gasteiger partial charge in [-0.25, -0.2) is 0 Å². The van der Waals surface area contributed by atoms with Gasteiger partial charge in [-0.2, -0.15) is 5.10 Å². The maximum atomic E-state index is 12.4. The fourth-order valence-electron chi connectivity index (χ4n) is 3.05. The summed E-state index contributed by atoms with van der Waals surface area (Å²) in [5.74, 6) is -0.104. The van der Waals surface area contributed by atoms with Crippen molar-refractivity contribution < 1.29 is 4.79 Å². The van der Waals surface area contributed by atoms with Crippen molar-refractivity contribution in [1.82, 2.24) is 15.1 Å². The fraction of sp³-hybridized carbons (Fsp3) is 0.333. The SMILES string of the molecule is Cc1nn(C)c(Cl)c1/C=C/C(=O)NC1(c2ccccc2)CCC1. The summed E-state index contributed by atoms with van der Waals surface area (Å²) in [6.07, 6.45) is 6.36. The second kappa shape index (κ2) is 6.20. The number of carbonyl (C=O) groups is 1. The number of nitrogens with one attached hydrogen (secondary N) is 1. The monoisotopic (exact) mass is 329 g/mol. The third-order valence-electron chi connectivity index (χ3n) is 4.49. The van der Waals surface area contributed by atoms with Gasteiger partial charge in [-0.05, 0) is 37.8 Å². The van der Waals surface area contributed by atoms with Gasteiger partial charge in [0.15, 0.2) is 0 Å². The number of hydrogen-bond acceptors (Lipinski definition) is 2. The standard InChI is InChI=1S/C18H20ClN3O/c1-13-15(17(19)22(2)21-13)9-10-16(23)20-18(11-6-12-18)14-7-4-3-5-8-14/h3-5,7-10H,6,11-12H2,1-2H3,(H,20,23)/b10-9+.